The molecule has 1 heterocycles. The van der Waals surface area contributed by atoms with E-state index in [1.807, 2.05) is 24.2 Å². The van der Waals surface area contributed by atoms with Gasteiger partial charge >= 0.3 is 0 Å². The van der Waals surface area contributed by atoms with Crippen LogP contribution in [-0.4, -0.2) is 26.6 Å². The third-order valence-electron chi connectivity index (χ3n) is 2.88. The Morgan fingerprint density at radius 3 is 2.88 bits per heavy atom. The van der Waals surface area contributed by atoms with Gasteiger partial charge in [-0.2, -0.15) is 11.8 Å². The van der Waals surface area contributed by atoms with Gasteiger partial charge in [-0.25, -0.2) is 4.98 Å². The molecule has 0 aromatic carbocycles. The Labute approximate surface area is 109 Å². The summed E-state index contributed by atoms with van der Waals surface area (Å²) in [5.41, 5.74) is 6.16. The van der Waals surface area contributed by atoms with Gasteiger partial charge in [0.1, 0.15) is 5.82 Å². The first-order valence-electron chi connectivity index (χ1n) is 6.54. The predicted molar refractivity (Wildman–Crippen MR) is 76.4 cm³/mol. The Morgan fingerprint density at radius 1 is 1.47 bits per heavy atom. The minimum Gasteiger partial charge on any atom is -0.335 e. The molecule has 0 aliphatic rings. The van der Waals surface area contributed by atoms with Gasteiger partial charge in [0.05, 0.1) is 0 Å². The van der Waals surface area contributed by atoms with Gasteiger partial charge in [0.25, 0.3) is 0 Å². The molecule has 2 N–H and O–H groups in total. The molecular formula is C13H25N3S. The standard InChI is InChI=1S/C13H25N3S/c1-4-7-16-8-6-15-13(16)9-12(14)10-17-11(3)5-2/h6,8,11-12H,4-5,7,9-10,14H2,1-3H3. The Morgan fingerprint density at radius 2 is 2.24 bits per heavy atom. The zero-order valence-electron chi connectivity index (χ0n) is 11.2. The number of hydrogen-bond acceptors (Lipinski definition) is 3. The van der Waals surface area contributed by atoms with Crippen LogP contribution in [0.5, 0.6) is 0 Å². The number of hydrogen-bond donors (Lipinski definition) is 1. The van der Waals surface area contributed by atoms with Crippen LogP contribution in [0.4, 0.5) is 0 Å². The maximum atomic E-state index is 6.16. The molecule has 0 spiro atoms. The minimum atomic E-state index is 0.215. The van der Waals surface area contributed by atoms with Gasteiger partial charge in [0.2, 0.25) is 0 Å². The average molecular weight is 255 g/mol. The van der Waals surface area contributed by atoms with Crippen LogP contribution in [0, 0.1) is 0 Å². The highest BCUT2D eigenvalue weighted by atomic mass is 32.2. The van der Waals surface area contributed by atoms with Crippen LogP contribution in [0.15, 0.2) is 12.4 Å². The normalized spacial score (nSPS) is 14.8. The number of aryl methyl sites for hydroxylation is 1. The lowest BCUT2D eigenvalue weighted by Gasteiger charge is -2.15. The second kappa shape index (κ2) is 7.77. The maximum absolute atomic E-state index is 6.16. The maximum Gasteiger partial charge on any atom is 0.110 e. The molecular weight excluding hydrogens is 230 g/mol. The summed E-state index contributed by atoms with van der Waals surface area (Å²) in [6.07, 6.45) is 7.16. The number of aromatic nitrogens is 2. The molecule has 2 atom stereocenters. The van der Waals surface area contributed by atoms with Crippen LogP contribution in [0.25, 0.3) is 0 Å². The second-order valence-corrected chi connectivity index (χ2v) is 6.02. The summed E-state index contributed by atoms with van der Waals surface area (Å²) in [7, 11) is 0. The van der Waals surface area contributed by atoms with E-state index in [-0.39, 0.29) is 6.04 Å². The number of nitrogens with zero attached hydrogens (tertiary/aromatic N) is 2. The number of thioether (sulfide) groups is 1. The highest BCUT2D eigenvalue weighted by Gasteiger charge is 2.10. The van der Waals surface area contributed by atoms with Crippen molar-refractivity contribution in [2.45, 2.75) is 57.9 Å². The Bertz CT molecular complexity index is 311. The van der Waals surface area contributed by atoms with Gasteiger partial charge in [-0.1, -0.05) is 20.8 Å². The van der Waals surface area contributed by atoms with Crippen molar-refractivity contribution >= 4 is 11.8 Å². The number of nitrogens with two attached hydrogens (primary N) is 1. The van der Waals surface area contributed by atoms with E-state index >= 15 is 0 Å². The molecule has 0 bridgehead atoms. The van der Waals surface area contributed by atoms with Crippen LogP contribution in [0.1, 0.15) is 39.4 Å². The van der Waals surface area contributed by atoms with E-state index in [4.69, 9.17) is 5.73 Å². The molecule has 98 valence electrons. The molecule has 4 heteroatoms. The van der Waals surface area contributed by atoms with Crippen molar-refractivity contribution in [3.63, 3.8) is 0 Å². The van der Waals surface area contributed by atoms with Crippen molar-refractivity contribution in [2.75, 3.05) is 5.75 Å². The van der Waals surface area contributed by atoms with Crippen molar-refractivity contribution in [2.24, 2.45) is 5.73 Å². The molecule has 0 saturated heterocycles. The van der Waals surface area contributed by atoms with Gasteiger partial charge in [-0.15, -0.1) is 0 Å². The summed E-state index contributed by atoms with van der Waals surface area (Å²) in [6, 6.07) is 0.215. The zero-order chi connectivity index (χ0) is 12.7. The van der Waals surface area contributed by atoms with Crippen LogP contribution in [0.2, 0.25) is 0 Å². The molecule has 0 fully saturated rings. The molecule has 0 saturated carbocycles. The monoisotopic (exact) mass is 255 g/mol. The van der Waals surface area contributed by atoms with Gasteiger partial charge in [0, 0.05) is 42.4 Å². The molecule has 1 rings (SSSR count). The first-order valence-corrected chi connectivity index (χ1v) is 7.59. The van der Waals surface area contributed by atoms with Gasteiger partial charge in [-0.05, 0) is 12.8 Å². The Kier molecular flexibility index (Phi) is 6.66. The molecule has 0 radical (unpaired) electrons. The fourth-order valence-electron chi connectivity index (χ4n) is 1.67. The number of imidazole rings is 1. The van der Waals surface area contributed by atoms with Crippen molar-refractivity contribution in [3.05, 3.63) is 18.2 Å². The third kappa shape index (κ3) is 5.13. The lowest BCUT2D eigenvalue weighted by molar-refractivity contribution is 0.607. The van der Waals surface area contributed by atoms with Gasteiger partial charge < -0.3 is 10.3 Å². The summed E-state index contributed by atoms with van der Waals surface area (Å²) in [6.45, 7) is 7.70. The van der Waals surface area contributed by atoms with E-state index in [0.29, 0.717) is 5.25 Å². The molecule has 3 nitrogen and oxygen atoms in total. The molecule has 0 aliphatic carbocycles. The van der Waals surface area contributed by atoms with E-state index in [0.717, 1.165) is 31.0 Å². The van der Waals surface area contributed by atoms with Crippen LogP contribution < -0.4 is 5.73 Å². The highest BCUT2D eigenvalue weighted by Crippen LogP contribution is 2.15. The summed E-state index contributed by atoms with van der Waals surface area (Å²) in [5.74, 6) is 2.15. The van der Waals surface area contributed by atoms with Gasteiger partial charge in [-0.3, -0.25) is 0 Å². The number of rotatable bonds is 8. The van der Waals surface area contributed by atoms with Gasteiger partial charge in [0.15, 0.2) is 0 Å². The average Bonchev–Trinajstić information content (AvgIpc) is 2.74. The highest BCUT2D eigenvalue weighted by molar-refractivity contribution is 7.99. The summed E-state index contributed by atoms with van der Waals surface area (Å²) in [4.78, 5) is 4.40. The first kappa shape index (κ1) is 14.6. The van der Waals surface area contributed by atoms with E-state index in [9.17, 15) is 0 Å². The van der Waals surface area contributed by atoms with Crippen molar-refractivity contribution in [3.8, 4) is 0 Å². The molecule has 1 aromatic rings. The molecule has 17 heavy (non-hydrogen) atoms. The first-order chi connectivity index (χ1) is 8.17. The van der Waals surface area contributed by atoms with Crippen molar-refractivity contribution < 1.29 is 0 Å². The zero-order valence-corrected chi connectivity index (χ0v) is 12.0. The quantitative estimate of drug-likeness (QED) is 0.776. The Hall–Kier alpha value is -0.480. The lowest BCUT2D eigenvalue weighted by atomic mass is 10.2. The smallest absolute Gasteiger partial charge is 0.110 e. The SMILES string of the molecule is CCCn1ccnc1CC(N)CSC(C)CC. The van der Waals surface area contributed by atoms with E-state index < -0.39 is 0 Å². The minimum absolute atomic E-state index is 0.215. The summed E-state index contributed by atoms with van der Waals surface area (Å²) < 4.78 is 2.22. The topological polar surface area (TPSA) is 43.8 Å². The van der Waals surface area contributed by atoms with Crippen LogP contribution >= 0.6 is 11.8 Å². The van der Waals surface area contributed by atoms with E-state index in [1.54, 1.807) is 0 Å². The van der Waals surface area contributed by atoms with Crippen LogP contribution in [-0.2, 0) is 13.0 Å². The predicted octanol–water partition coefficient (Wildman–Crippen LogP) is 2.69. The Balaban J connectivity index is 2.39. The van der Waals surface area contributed by atoms with Crippen LogP contribution in [0.3, 0.4) is 0 Å². The van der Waals surface area contributed by atoms with E-state index in [2.05, 4.69) is 30.3 Å². The third-order valence-corrected chi connectivity index (χ3v) is 4.40. The van der Waals surface area contributed by atoms with E-state index in [1.165, 1.54) is 6.42 Å². The molecule has 2 unspecified atom stereocenters. The fraction of sp³-hybridized carbons (Fsp3) is 0.769. The largest absolute Gasteiger partial charge is 0.335 e. The van der Waals surface area contributed by atoms with Crippen molar-refractivity contribution in [1.82, 2.24) is 9.55 Å². The van der Waals surface area contributed by atoms with Crippen molar-refractivity contribution in [1.29, 1.82) is 0 Å². The lowest BCUT2D eigenvalue weighted by Crippen LogP contribution is -2.28. The summed E-state index contributed by atoms with van der Waals surface area (Å²) in [5, 5.41) is 0.705. The second-order valence-electron chi connectivity index (χ2n) is 4.55. The summed E-state index contributed by atoms with van der Waals surface area (Å²) >= 11 is 1.96. The molecule has 1 aromatic heterocycles. The fourth-order valence-corrected chi connectivity index (χ4v) is 2.60. The molecule has 0 aliphatic heterocycles. The molecule has 0 amide bonds.